The van der Waals surface area contributed by atoms with Gasteiger partial charge in [0.25, 0.3) is 5.91 Å². The molecule has 144 valence electrons. The first-order chi connectivity index (χ1) is 12.4. The van der Waals surface area contributed by atoms with Crippen LogP contribution in [0.2, 0.25) is 0 Å². The highest BCUT2D eigenvalue weighted by molar-refractivity contribution is 7.89. The first-order valence-corrected chi connectivity index (χ1v) is 10.5. The van der Waals surface area contributed by atoms with Gasteiger partial charge in [-0.15, -0.1) is 0 Å². The number of nitrogens with one attached hydrogen (secondary N) is 2. The Hall–Kier alpha value is -1.93. The van der Waals surface area contributed by atoms with Crippen molar-refractivity contribution in [2.45, 2.75) is 43.9 Å². The molecule has 26 heavy (non-hydrogen) atoms. The molecule has 0 atom stereocenters. The van der Waals surface area contributed by atoms with Crippen LogP contribution in [0.4, 0.5) is 0 Å². The molecule has 0 saturated carbocycles. The van der Waals surface area contributed by atoms with E-state index in [-0.39, 0.29) is 17.3 Å². The van der Waals surface area contributed by atoms with Gasteiger partial charge < -0.3 is 10.6 Å². The summed E-state index contributed by atoms with van der Waals surface area (Å²) in [6, 6.07) is 5.82. The quantitative estimate of drug-likeness (QED) is 0.634. The van der Waals surface area contributed by atoms with Gasteiger partial charge in [0.05, 0.1) is 11.4 Å². The predicted molar refractivity (Wildman–Crippen MR) is 99.3 cm³/mol. The molecule has 1 aromatic carbocycles. The Balaban J connectivity index is 1.85. The molecule has 8 heteroatoms. The van der Waals surface area contributed by atoms with Gasteiger partial charge in [0.1, 0.15) is 0 Å². The van der Waals surface area contributed by atoms with E-state index in [4.69, 9.17) is 0 Å². The average Bonchev–Trinajstić information content (AvgIpc) is 3.19. The van der Waals surface area contributed by atoms with Crippen molar-refractivity contribution in [3.05, 3.63) is 29.8 Å². The lowest BCUT2D eigenvalue weighted by Gasteiger charge is -2.15. The van der Waals surface area contributed by atoms with Gasteiger partial charge in [0.2, 0.25) is 15.9 Å². The Morgan fingerprint density at radius 2 is 1.69 bits per heavy atom. The van der Waals surface area contributed by atoms with Gasteiger partial charge in [0.15, 0.2) is 0 Å². The first-order valence-electron chi connectivity index (χ1n) is 9.10. The maximum atomic E-state index is 12.4. The summed E-state index contributed by atoms with van der Waals surface area (Å²) in [5, 5.41) is 5.29. The van der Waals surface area contributed by atoms with Crippen molar-refractivity contribution in [1.29, 1.82) is 0 Å². The molecular weight excluding hydrogens is 354 g/mol. The van der Waals surface area contributed by atoms with Crippen LogP contribution in [0.5, 0.6) is 0 Å². The third-order valence-corrected chi connectivity index (χ3v) is 6.24. The molecule has 0 bridgehead atoms. The van der Waals surface area contributed by atoms with Crippen LogP contribution in [0.25, 0.3) is 0 Å². The zero-order valence-corrected chi connectivity index (χ0v) is 16.0. The van der Waals surface area contributed by atoms with E-state index in [0.29, 0.717) is 25.2 Å². The zero-order valence-electron chi connectivity index (χ0n) is 15.2. The summed E-state index contributed by atoms with van der Waals surface area (Å²) in [6.07, 6.45) is 4.80. The lowest BCUT2D eigenvalue weighted by atomic mass is 10.2. The molecule has 0 radical (unpaired) electrons. The van der Waals surface area contributed by atoms with Crippen LogP contribution in [0.15, 0.2) is 29.2 Å². The van der Waals surface area contributed by atoms with Gasteiger partial charge in [-0.2, -0.15) is 4.31 Å². The normalized spacial score (nSPS) is 15.0. The summed E-state index contributed by atoms with van der Waals surface area (Å²) in [5.74, 6) is -0.637. The lowest BCUT2D eigenvalue weighted by molar-refractivity contribution is -0.120. The molecule has 0 aromatic heterocycles. The molecule has 2 N–H and O–H groups in total. The number of hydrogen-bond donors (Lipinski definition) is 2. The van der Waals surface area contributed by atoms with Crippen LogP contribution in [-0.4, -0.2) is 50.7 Å². The van der Waals surface area contributed by atoms with Gasteiger partial charge in [-0.3, -0.25) is 9.59 Å². The third-order valence-electron chi connectivity index (χ3n) is 4.33. The minimum Gasteiger partial charge on any atom is -0.355 e. The Morgan fingerprint density at radius 3 is 2.31 bits per heavy atom. The number of hydrogen-bond acceptors (Lipinski definition) is 4. The van der Waals surface area contributed by atoms with E-state index in [1.807, 2.05) is 0 Å². The predicted octanol–water partition coefficient (Wildman–Crippen LogP) is 1.51. The van der Waals surface area contributed by atoms with Crippen LogP contribution in [-0.2, 0) is 14.8 Å². The van der Waals surface area contributed by atoms with Gasteiger partial charge in [-0.05, 0) is 43.5 Å². The van der Waals surface area contributed by atoms with Crippen molar-refractivity contribution in [1.82, 2.24) is 14.9 Å². The molecule has 1 aliphatic rings. The van der Waals surface area contributed by atoms with E-state index in [1.54, 1.807) is 0 Å². The summed E-state index contributed by atoms with van der Waals surface area (Å²) in [5.41, 5.74) is 0.323. The fraction of sp³-hybridized carbons (Fsp3) is 0.556. The van der Waals surface area contributed by atoms with Gasteiger partial charge >= 0.3 is 0 Å². The average molecular weight is 381 g/mol. The van der Waals surface area contributed by atoms with Gasteiger partial charge in [-0.25, -0.2) is 8.42 Å². The molecule has 2 rings (SSSR count). The molecule has 7 nitrogen and oxygen atoms in total. The Kier molecular flexibility index (Phi) is 7.59. The highest BCUT2D eigenvalue weighted by Crippen LogP contribution is 2.21. The molecule has 1 aromatic rings. The molecule has 0 spiro atoms. The van der Waals surface area contributed by atoms with E-state index in [9.17, 15) is 18.0 Å². The number of rotatable bonds is 9. The maximum Gasteiger partial charge on any atom is 0.251 e. The van der Waals surface area contributed by atoms with E-state index in [2.05, 4.69) is 17.6 Å². The second kappa shape index (κ2) is 9.68. The van der Waals surface area contributed by atoms with Gasteiger partial charge in [0, 0.05) is 25.2 Å². The van der Waals surface area contributed by atoms with Crippen LogP contribution in [0.1, 0.15) is 49.4 Å². The van der Waals surface area contributed by atoms with E-state index in [1.165, 1.54) is 28.6 Å². The SMILES string of the molecule is CCCCCNC(=O)CNC(=O)c1ccc(S(=O)(=O)N2CCCC2)cc1. The Bertz CT molecular complexity index is 710. The number of amides is 2. The second-order valence-corrected chi connectivity index (χ2v) is 8.31. The van der Waals surface area contributed by atoms with Crippen molar-refractivity contribution in [2.75, 3.05) is 26.2 Å². The molecule has 0 unspecified atom stereocenters. The van der Waals surface area contributed by atoms with Crippen molar-refractivity contribution in [2.24, 2.45) is 0 Å². The van der Waals surface area contributed by atoms with Crippen molar-refractivity contribution >= 4 is 21.8 Å². The van der Waals surface area contributed by atoms with Crippen LogP contribution >= 0.6 is 0 Å². The molecule has 2 amide bonds. The number of carbonyl (C=O) groups excluding carboxylic acids is 2. The largest absolute Gasteiger partial charge is 0.355 e. The minimum absolute atomic E-state index is 0.0984. The third kappa shape index (κ3) is 5.54. The monoisotopic (exact) mass is 381 g/mol. The summed E-state index contributed by atoms with van der Waals surface area (Å²) >= 11 is 0. The molecule has 1 aliphatic heterocycles. The molecular formula is C18H27N3O4S. The van der Waals surface area contributed by atoms with Gasteiger partial charge in [-0.1, -0.05) is 19.8 Å². The number of benzene rings is 1. The van der Waals surface area contributed by atoms with Crippen LogP contribution in [0.3, 0.4) is 0 Å². The van der Waals surface area contributed by atoms with Crippen molar-refractivity contribution < 1.29 is 18.0 Å². The summed E-state index contributed by atoms with van der Waals surface area (Å²) in [6.45, 7) is 3.67. The fourth-order valence-electron chi connectivity index (χ4n) is 2.78. The second-order valence-electron chi connectivity index (χ2n) is 6.38. The number of sulfonamides is 1. The Labute approximate surface area is 155 Å². The standard InChI is InChI=1S/C18H27N3O4S/c1-2-3-4-11-19-17(22)14-20-18(23)15-7-9-16(10-8-15)26(24,25)21-12-5-6-13-21/h7-10H,2-6,11-14H2,1H3,(H,19,22)(H,20,23). The molecule has 1 heterocycles. The molecule has 0 aliphatic carbocycles. The molecule has 1 saturated heterocycles. The summed E-state index contributed by atoms with van der Waals surface area (Å²) in [7, 11) is -3.48. The van der Waals surface area contributed by atoms with E-state index >= 15 is 0 Å². The summed E-state index contributed by atoms with van der Waals surface area (Å²) < 4.78 is 26.4. The topological polar surface area (TPSA) is 95.6 Å². The van der Waals surface area contributed by atoms with Crippen LogP contribution in [0, 0.1) is 0 Å². The Morgan fingerprint density at radius 1 is 1.04 bits per heavy atom. The zero-order chi connectivity index (χ0) is 19.0. The number of nitrogens with zero attached hydrogens (tertiary/aromatic N) is 1. The van der Waals surface area contributed by atoms with E-state index < -0.39 is 15.9 Å². The van der Waals surface area contributed by atoms with Crippen LogP contribution < -0.4 is 10.6 Å². The first kappa shape index (κ1) is 20.4. The van der Waals surface area contributed by atoms with Crippen molar-refractivity contribution in [3.63, 3.8) is 0 Å². The minimum atomic E-state index is -3.48. The maximum absolute atomic E-state index is 12.4. The van der Waals surface area contributed by atoms with Crippen molar-refractivity contribution in [3.8, 4) is 0 Å². The number of carbonyl (C=O) groups is 2. The summed E-state index contributed by atoms with van der Waals surface area (Å²) in [4.78, 5) is 23.9. The molecule has 1 fully saturated rings. The highest BCUT2D eigenvalue weighted by atomic mass is 32.2. The smallest absolute Gasteiger partial charge is 0.251 e. The highest BCUT2D eigenvalue weighted by Gasteiger charge is 2.27. The lowest BCUT2D eigenvalue weighted by Crippen LogP contribution is -2.37. The number of unbranched alkanes of at least 4 members (excludes halogenated alkanes) is 2. The fourth-order valence-corrected chi connectivity index (χ4v) is 4.30. The van der Waals surface area contributed by atoms with E-state index in [0.717, 1.165) is 32.1 Å².